The van der Waals surface area contributed by atoms with E-state index in [-0.39, 0.29) is 6.10 Å². The molecule has 1 aromatic carbocycles. The lowest BCUT2D eigenvalue weighted by atomic mass is 10.1. The van der Waals surface area contributed by atoms with E-state index < -0.39 is 0 Å². The molecule has 0 unspecified atom stereocenters. The molecule has 0 aliphatic carbocycles. The van der Waals surface area contributed by atoms with Crippen molar-refractivity contribution in [2.45, 2.75) is 25.9 Å². The van der Waals surface area contributed by atoms with Crippen LogP contribution in [0.25, 0.3) is 0 Å². The van der Waals surface area contributed by atoms with Crippen LogP contribution in [0, 0.1) is 6.92 Å². The second-order valence-corrected chi connectivity index (χ2v) is 5.10. The Morgan fingerprint density at radius 1 is 1.41 bits per heavy atom. The third kappa shape index (κ3) is 3.07. The maximum Gasteiger partial charge on any atom is 0.153 e. The smallest absolute Gasteiger partial charge is 0.153 e. The van der Waals surface area contributed by atoms with Crippen molar-refractivity contribution in [1.82, 2.24) is 0 Å². The van der Waals surface area contributed by atoms with Gasteiger partial charge in [0.15, 0.2) is 6.29 Å². The summed E-state index contributed by atoms with van der Waals surface area (Å²) < 4.78 is 12.1. The van der Waals surface area contributed by atoms with Gasteiger partial charge in [0.1, 0.15) is 11.9 Å². The molecular formula is C13H15BrO3. The molecule has 4 heteroatoms. The van der Waals surface area contributed by atoms with E-state index in [0.717, 1.165) is 42.4 Å². The lowest BCUT2D eigenvalue weighted by Crippen LogP contribution is -2.26. The molecule has 1 heterocycles. The minimum Gasteiger partial charge on any atom is -0.489 e. The second kappa shape index (κ2) is 5.65. The highest BCUT2D eigenvalue weighted by Crippen LogP contribution is 2.29. The zero-order valence-electron chi connectivity index (χ0n) is 9.74. The van der Waals surface area contributed by atoms with Gasteiger partial charge in [-0.25, -0.2) is 0 Å². The van der Waals surface area contributed by atoms with E-state index in [4.69, 9.17) is 9.47 Å². The fourth-order valence-corrected chi connectivity index (χ4v) is 2.55. The van der Waals surface area contributed by atoms with E-state index in [0.29, 0.717) is 11.3 Å². The maximum atomic E-state index is 11.0. The number of carbonyl (C=O) groups is 1. The largest absolute Gasteiger partial charge is 0.489 e. The van der Waals surface area contributed by atoms with Crippen LogP contribution in [0.3, 0.4) is 0 Å². The second-order valence-electron chi connectivity index (χ2n) is 4.19. The minimum atomic E-state index is 0.155. The summed E-state index contributed by atoms with van der Waals surface area (Å²) in [4.78, 5) is 11.0. The van der Waals surface area contributed by atoms with Crippen molar-refractivity contribution < 1.29 is 14.3 Å². The molecule has 0 bridgehead atoms. The lowest BCUT2D eigenvalue weighted by Gasteiger charge is -2.25. The number of halogens is 1. The molecule has 0 aromatic heterocycles. The average molecular weight is 299 g/mol. The number of aryl methyl sites for hydroxylation is 1. The average Bonchev–Trinajstić information content (AvgIpc) is 2.33. The Morgan fingerprint density at radius 2 is 2.12 bits per heavy atom. The summed E-state index contributed by atoms with van der Waals surface area (Å²) in [6, 6.07) is 3.75. The molecule has 2 rings (SSSR count). The van der Waals surface area contributed by atoms with Gasteiger partial charge >= 0.3 is 0 Å². The molecule has 0 spiro atoms. The predicted molar refractivity (Wildman–Crippen MR) is 68.7 cm³/mol. The molecule has 1 aliphatic rings. The normalized spacial score (nSPS) is 16.8. The summed E-state index contributed by atoms with van der Waals surface area (Å²) in [6.45, 7) is 3.42. The molecule has 92 valence electrons. The Balaban J connectivity index is 2.21. The number of ether oxygens (including phenoxy) is 2. The van der Waals surface area contributed by atoms with Gasteiger partial charge in [-0.3, -0.25) is 4.79 Å². The van der Waals surface area contributed by atoms with Crippen LogP contribution < -0.4 is 4.74 Å². The van der Waals surface area contributed by atoms with E-state index in [1.54, 1.807) is 6.07 Å². The van der Waals surface area contributed by atoms with Crippen molar-refractivity contribution in [3.63, 3.8) is 0 Å². The molecule has 0 radical (unpaired) electrons. The van der Waals surface area contributed by atoms with Gasteiger partial charge < -0.3 is 9.47 Å². The Hall–Kier alpha value is -0.870. The van der Waals surface area contributed by atoms with E-state index in [1.165, 1.54) is 0 Å². The molecule has 3 nitrogen and oxygen atoms in total. The van der Waals surface area contributed by atoms with Crippen molar-refractivity contribution in [3.05, 3.63) is 27.7 Å². The summed E-state index contributed by atoms with van der Waals surface area (Å²) in [5.74, 6) is 0.704. The molecule has 1 fully saturated rings. The van der Waals surface area contributed by atoms with Crippen molar-refractivity contribution in [1.29, 1.82) is 0 Å². The maximum absolute atomic E-state index is 11.0. The minimum absolute atomic E-state index is 0.155. The van der Waals surface area contributed by atoms with E-state index in [2.05, 4.69) is 15.9 Å². The van der Waals surface area contributed by atoms with Crippen molar-refractivity contribution in [2.24, 2.45) is 0 Å². The van der Waals surface area contributed by atoms with Crippen LogP contribution in [0.1, 0.15) is 28.8 Å². The van der Waals surface area contributed by atoms with Crippen LogP contribution in [0.5, 0.6) is 5.75 Å². The van der Waals surface area contributed by atoms with Gasteiger partial charge in [0.25, 0.3) is 0 Å². The highest BCUT2D eigenvalue weighted by molar-refractivity contribution is 9.10. The number of hydrogen-bond donors (Lipinski definition) is 0. The summed E-state index contributed by atoms with van der Waals surface area (Å²) in [7, 11) is 0. The number of aldehydes is 1. The van der Waals surface area contributed by atoms with Crippen LogP contribution in [0.2, 0.25) is 0 Å². The zero-order chi connectivity index (χ0) is 12.3. The van der Waals surface area contributed by atoms with Gasteiger partial charge in [0, 0.05) is 17.3 Å². The highest BCUT2D eigenvalue weighted by Gasteiger charge is 2.18. The SMILES string of the molecule is Cc1cc(Br)cc(C=O)c1OC1CCOCC1. The molecule has 0 amide bonds. The van der Waals surface area contributed by atoms with Crippen LogP contribution in [-0.4, -0.2) is 25.6 Å². The lowest BCUT2D eigenvalue weighted by molar-refractivity contribution is 0.0250. The molecule has 1 saturated heterocycles. The number of benzene rings is 1. The van der Waals surface area contributed by atoms with Crippen LogP contribution in [-0.2, 0) is 4.74 Å². The molecule has 0 saturated carbocycles. The molecular weight excluding hydrogens is 284 g/mol. The fourth-order valence-electron chi connectivity index (χ4n) is 1.96. The topological polar surface area (TPSA) is 35.5 Å². The third-order valence-electron chi connectivity index (χ3n) is 2.85. The first-order valence-corrected chi connectivity index (χ1v) is 6.49. The van der Waals surface area contributed by atoms with Crippen molar-refractivity contribution in [2.75, 3.05) is 13.2 Å². The van der Waals surface area contributed by atoms with Crippen LogP contribution >= 0.6 is 15.9 Å². The third-order valence-corrected chi connectivity index (χ3v) is 3.31. The Kier molecular flexibility index (Phi) is 4.18. The number of hydrogen-bond acceptors (Lipinski definition) is 3. The van der Waals surface area contributed by atoms with Crippen LogP contribution in [0.15, 0.2) is 16.6 Å². The standard InChI is InChI=1S/C13H15BrO3/c1-9-6-11(14)7-10(8-15)13(9)17-12-2-4-16-5-3-12/h6-8,12H,2-5H2,1H3. The van der Waals surface area contributed by atoms with Gasteiger partial charge in [0.05, 0.1) is 18.8 Å². The Labute approximate surface area is 109 Å². The van der Waals surface area contributed by atoms with Gasteiger partial charge in [-0.05, 0) is 24.6 Å². The first-order chi connectivity index (χ1) is 8.20. The first kappa shape index (κ1) is 12.6. The zero-order valence-corrected chi connectivity index (χ0v) is 11.3. The summed E-state index contributed by atoms with van der Waals surface area (Å²) >= 11 is 3.38. The van der Waals surface area contributed by atoms with Gasteiger partial charge in [0.2, 0.25) is 0 Å². The summed E-state index contributed by atoms with van der Waals surface area (Å²) in [5.41, 5.74) is 1.58. The fraction of sp³-hybridized carbons (Fsp3) is 0.462. The predicted octanol–water partition coefficient (Wildman–Crippen LogP) is 3.13. The van der Waals surface area contributed by atoms with E-state index in [1.807, 2.05) is 13.0 Å². The van der Waals surface area contributed by atoms with E-state index in [9.17, 15) is 4.79 Å². The highest BCUT2D eigenvalue weighted by atomic mass is 79.9. The van der Waals surface area contributed by atoms with Crippen molar-refractivity contribution >= 4 is 22.2 Å². The van der Waals surface area contributed by atoms with Crippen LogP contribution in [0.4, 0.5) is 0 Å². The van der Waals surface area contributed by atoms with Crippen molar-refractivity contribution in [3.8, 4) is 5.75 Å². The first-order valence-electron chi connectivity index (χ1n) is 5.70. The Bertz CT molecular complexity index is 411. The molecule has 1 aliphatic heterocycles. The Morgan fingerprint density at radius 3 is 2.76 bits per heavy atom. The summed E-state index contributed by atoms with van der Waals surface area (Å²) in [6.07, 6.45) is 2.76. The number of carbonyl (C=O) groups excluding carboxylic acids is 1. The summed E-state index contributed by atoms with van der Waals surface area (Å²) in [5, 5.41) is 0. The van der Waals surface area contributed by atoms with Gasteiger partial charge in [-0.15, -0.1) is 0 Å². The molecule has 1 aromatic rings. The molecule has 0 atom stereocenters. The number of rotatable bonds is 3. The van der Waals surface area contributed by atoms with Gasteiger partial charge in [-0.2, -0.15) is 0 Å². The van der Waals surface area contributed by atoms with Gasteiger partial charge in [-0.1, -0.05) is 15.9 Å². The molecule has 17 heavy (non-hydrogen) atoms. The van der Waals surface area contributed by atoms with E-state index >= 15 is 0 Å². The molecule has 0 N–H and O–H groups in total. The quantitative estimate of drug-likeness (QED) is 0.804. The monoisotopic (exact) mass is 298 g/mol.